The number of rotatable bonds is 5. The van der Waals surface area contributed by atoms with Crippen LogP contribution >= 0.6 is 0 Å². The molecule has 2 N–H and O–H groups in total. The molecule has 3 heterocycles. The zero-order valence-corrected chi connectivity index (χ0v) is 26.5. The monoisotopic (exact) mass is 632 g/mol. The summed E-state index contributed by atoms with van der Waals surface area (Å²) in [5.74, 6) is -5.33. The highest BCUT2D eigenvalue weighted by atomic mass is 16.9. The van der Waals surface area contributed by atoms with Gasteiger partial charge in [-0.3, -0.25) is 0 Å². The van der Waals surface area contributed by atoms with Crippen LogP contribution in [0.5, 0.6) is 0 Å². The number of esters is 2. The van der Waals surface area contributed by atoms with Crippen molar-refractivity contribution in [3.05, 3.63) is 83.9 Å². The summed E-state index contributed by atoms with van der Waals surface area (Å²) < 4.78 is 39.2. The number of benzene rings is 2. The van der Waals surface area contributed by atoms with Crippen LogP contribution in [0, 0.1) is 23.7 Å². The molecule has 8 rings (SSSR count). The fourth-order valence-corrected chi connectivity index (χ4v) is 10.1. The SMILES string of the molecule is C=C(C)[C@@]12OC3(C)O[C@@H]1[C@@H]1[C@H](OC(=O)c4ccccc4)C4(C)O[C@@]5([C@@H]4OC(=O)c4ccccc4)[C@@H](O)[C@@H](C)C[C@H]5[C@@]1(O)[C@H](C)[C@@H]2O3. The van der Waals surface area contributed by atoms with E-state index in [1.54, 1.807) is 74.5 Å². The first-order valence-electron chi connectivity index (χ1n) is 16.1. The second-order valence-electron chi connectivity index (χ2n) is 14.5. The van der Waals surface area contributed by atoms with E-state index >= 15 is 0 Å². The van der Waals surface area contributed by atoms with E-state index < -0.39 is 88.6 Å². The van der Waals surface area contributed by atoms with Crippen LogP contribution in [0.25, 0.3) is 0 Å². The molecular formula is C36H40O10. The third-order valence-electron chi connectivity index (χ3n) is 12.0. The van der Waals surface area contributed by atoms with Gasteiger partial charge in [0, 0.05) is 18.8 Å². The minimum absolute atomic E-state index is 0.302. The van der Waals surface area contributed by atoms with Crippen molar-refractivity contribution in [1.29, 1.82) is 0 Å². The second-order valence-corrected chi connectivity index (χ2v) is 14.5. The van der Waals surface area contributed by atoms with Crippen molar-refractivity contribution in [2.75, 3.05) is 0 Å². The van der Waals surface area contributed by atoms with E-state index in [1.165, 1.54) is 0 Å². The Hall–Kier alpha value is -3.12. The first-order chi connectivity index (χ1) is 21.7. The molecule has 6 aliphatic rings. The van der Waals surface area contributed by atoms with Gasteiger partial charge in [-0.15, -0.1) is 0 Å². The minimum Gasteiger partial charge on any atom is -0.455 e. The standard InChI is InChI=1S/C36H40O10/c1-18(2)35-26-20(4)34(40)23-17-19(3)25(37)36(23)31(42-30(39)22-15-11-8-12-16-22)32(5,45-36)27(41-29(38)21-13-9-7-10-14-21)24(34)28(35)44-33(6,43-26)46-35/h7-16,19-20,23-28,31,37,40H,1,17H2,2-6H3/t19-,20+,23-,24-,25-,26-,27-,28+,31+,32?,33?,34-,35-,36+/m0/s1. The Kier molecular flexibility index (Phi) is 6.24. The predicted molar refractivity (Wildman–Crippen MR) is 161 cm³/mol. The molecule has 46 heavy (non-hydrogen) atoms. The van der Waals surface area contributed by atoms with E-state index in [0.29, 0.717) is 23.1 Å². The van der Waals surface area contributed by atoms with Crippen LogP contribution in [0.4, 0.5) is 0 Å². The molecule has 0 radical (unpaired) electrons. The fraction of sp³-hybridized carbons (Fsp3) is 0.556. The Balaban J connectivity index is 1.34. The molecule has 4 bridgehead atoms. The van der Waals surface area contributed by atoms with Crippen LogP contribution in [0.3, 0.4) is 0 Å². The number of hydrogen-bond acceptors (Lipinski definition) is 10. The smallest absolute Gasteiger partial charge is 0.338 e. The quantitative estimate of drug-likeness (QED) is 0.371. The highest BCUT2D eigenvalue weighted by molar-refractivity contribution is 5.90. The minimum atomic E-state index is -1.69. The molecule has 2 aromatic rings. The van der Waals surface area contributed by atoms with Gasteiger partial charge in [-0.2, -0.15) is 0 Å². The third kappa shape index (κ3) is 3.47. The molecule has 3 saturated heterocycles. The van der Waals surface area contributed by atoms with Crippen molar-refractivity contribution in [3.8, 4) is 0 Å². The first kappa shape index (κ1) is 30.2. The van der Waals surface area contributed by atoms with E-state index in [4.69, 9.17) is 28.4 Å². The Bertz CT molecular complexity index is 1610. The van der Waals surface area contributed by atoms with Crippen LogP contribution in [-0.2, 0) is 28.4 Å². The number of ether oxygens (including phenoxy) is 6. The van der Waals surface area contributed by atoms with E-state index in [-0.39, 0.29) is 5.92 Å². The first-order valence-corrected chi connectivity index (χ1v) is 16.1. The number of aliphatic hydroxyl groups is 2. The van der Waals surface area contributed by atoms with E-state index in [1.807, 2.05) is 20.8 Å². The summed E-state index contributed by atoms with van der Waals surface area (Å²) in [5, 5.41) is 25.4. The molecule has 244 valence electrons. The molecule has 6 fully saturated rings. The molecule has 14 atom stereocenters. The van der Waals surface area contributed by atoms with Crippen LogP contribution in [0.1, 0.15) is 61.8 Å². The van der Waals surface area contributed by atoms with Crippen LogP contribution in [-0.4, -0.2) is 81.0 Å². The Labute approximate surface area is 267 Å². The van der Waals surface area contributed by atoms with Crippen molar-refractivity contribution in [3.63, 3.8) is 0 Å². The Morgan fingerprint density at radius 3 is 2.04 bits per heavy atom. The number of hydrogen-bond donors (Lipinski definition) is 2. The lowest BCUT2D eigenvalue weighted by Crippen LogP contribution is -2.80. The van der Waals surface area contributed by atoms with E-state index in [9.17, 15) is 19.8 Å². The molecular weight excluding hydrogens is 592 g/mol. The highest BCUT2D eigenvalue weighted by Gasteiger charge is 2.90. The van der Waals surface area contributed by atoms with Crippen molar-refractivity contribution in [1.82, 2.24) is 0 Å². The third-order valence-corrected chi connectivity index (χ3v) is 12.0. The average Bonchev–Trinajstić information content (AvgIpc) is 3.61. The maximum absolute atomic E-state index is 13.9. The summed E-state index contributed by atoms with van der Waals surface area (Å²) in [4.78, 5) is 27.6. The maximum atomic E-state index is 13.9. The molecule has 0 amide bonds. The number of carbonyl (C=O) groups excluding carboxylic acids is 2. The summed E-state index contributed by atoms with van der Waals surface area (Å²) in [7, 11) is 0. The molecule has 3 saturated carbocycles. The fourth-order valence-electron chi connectivity index (χ4n) is 10.1. The molecule has 3 aliphatic carbocycles. The van der Waals surface area contributed by atoms with Gasteiger partial charge >= 0.3 is 11.9 Å². The normalized spacial score (nSPS) is 49.2. The number of aliphatic hydroxyl groups excluding tert-OH is 1. The van der Waals surface area contributed by atoms with Crippen molar-refractivity contribution in [2.24, 2.45) is 23.7 Å². The van der Waals surface area contributed by atoms with Crippen LogP contribution in [0.2, 0.25) is 0 Å². The van der Waals surface area contributed by atoms with Crippen LogP contribution < -0.4 is 0 Å². The highest BCUT2D eigenvalue weighted by Crippen LogP contribution is 2.73. The van der Waals surface area contributed by atoms with Crippen LogP contribution in [0.15, 0.2) is 72.8 Å². The van der Waals surface area contributed by atoms with Crippen molar-refractivity contribution in [2.45, 2.75) is 99.9 Å². The largest absolute Gasteiger partial charge is 0.455 e. The van der Waals surface area contributed by atoms with Gasteiger partial charge in [0.1, 0.15) is 35.1 Å². The Morgan fingerprint density at radius 1 is 0.891 bits per heavy atom. The van der Waals surface area contributed by atoms with E-state index in [2.05, 4.69) is 6.58 Å². The lowest BCUT2D eigenvalue weighted by atomic mass is 9.53. The van der Waals surface area contributed by atoms with Gasteiger partial charge in [0.15, 0.2) is 6.10 Å². The van der Waals surface area contributed by atoms with Gasteiger partial charge in [0.25, 0.3) is 5.97 Å². The summed E-state index contributed by atoms with van der Waals surface area (Å²) in [5.41, 5.74) is -4.58. The number of carbonyl (C=O) groups is 2. The predicted octanol–water partition coefficient (Wildman–Crippen LogP) is 3.80. The maximum Gasteiger partial charge on any atom is 0.338 e. The zero-order chi connectivity index (χ0) is 32.6. The number of fused-ring (bicyclic) bond motifs is 5. The summed E-state index contributed by atoms with van der Waals surface area (Å²) >= 11 is 0. The van der Waals surface area contributed by atoms with Crippen molar-refractivity contribution >= 4 is 11.9 Å². The van der Waals surface area contributed by atoms with Gasteiger partial charge in [-0.1, -0.05) is 56.8 Å². The van der Waals surface area contributed by atoms with Gasteiger partial charge in [0.2, 0.25) is 0 Å². The average molecular weight is 633 g/mol. The zero-order valence-electron chi connectivity index (χ0n) is 26.5. The summed E-state index contributed by atoms with van der Waals surface area (Å²) in [6.07, 6.45) is -4.60. The summed E-state index contributed by atoms with van der Waals surface area (Å²) in [6.45, 7) is 13.3. The lowest BCUT2D eigenvalue weighted by Gasteiger charge is -2.62. The van der Waals surface area contributed by atoms with Crippen molar-refractivity contribution < 1.29 is 48.2 Å². The van der Waals surface area contributed by atoms with Gasteiger partial charge in [-0.05, 0) is 56.0 Å². The lowest BCUT2D eigenvalue weighted by molar-refractivity contribution is -0.388. The molecule has 10 heteroatoms. The van der Waals surface area contributed by atoms with Gasteiger partial charge in [0.05, 0.1) is 28.7 Å². The molecule has 0 aromatic heterocycles. The molecule has 2 aromatic carbocycles. The molecule has 2 unspecified atom stereocenters. The topological polar surface area (TPSA) is 130 Å². The van der Waals surface area contributed by atoms with Gasteiger partial charge < -0.3 is 38.6 Å². The van der Waals surface area contributed by atoms with E-state index in [0.717, 1.165) is 0 Å². The van der Waals surface area contributed by atoms with Gasteiger partial charge in [-0.25, -0.2) is 9.59 Å². The molecule has 1 spiro atoms. The Morgan fingerprint density at radius 2 is 1.46 bits per heavy atom. The molecule has 3 aliphatic heterocycles. The summed E-state index contributed by atoms with van der Waals surface area (Å²) in [6, 6.07) is 17.1. The molecule has 10 nitrogen and oxygen atoms in total. The second kappa shape index (κ2) is 9.49.